The molecule has 1 aliphatic carbocycles. The van der Waals surface area contributed by atoms with Crippen LogP contribution in [0.25, 0.3) is 0 Å². The van der Waals surface area contributed by atoms with Crippen molar-refractivity contribution in [3.8, 4) is 0 Å². The Balaban J connectivity index is 1.82. The van der Waals surface area contributed by atoms with Gasteiger partial charge < -0.3 is 0 Å². The number of sulfonamides is 2. The van der Waals surface area contributed by atoms with E-state index >= 15 is 0 Å². The molecule has 0 spiro atoms. The highest BCUT2D eigenvalue weighted by atomic mass is 32.2. The van der Waals surface area contributed by atoms with Crippen molar-refractivity contribution in [1.82, 2.24) is 9.03 Å². The summed E-state index contributed by atoms with van der Waals surface area (Å²) in [7, 11) is -7.24. The zero-order chi connectivity index (χ0) is 18.9. The maximum atomic E-state index is 13.0. The van der Waals surface area contributed by atoms with Gasteiger partial charge in [-0.25, -0.2) is 21.6 Å². The maximum absolute atomic E-state index is 13.0. The Labute approximate surface area is 157 Å². The van der Waals surface area contributed by atoms with Crippen LogP contribution in [0, 0.1) is 0 Å². The quantitative estimate of drug-likeness (QED) is 0.824. The first-order valence-corrected chi connectivity index (χ1v) is 12.3. The zero-order valence-corrected chi connectivity index (χ0v) is 17.0. The molecule has 1 aliphatic heterocycles. The van der Waals surface area contributed by atoms with E-state index in [9.17, 15) is 16.8 Å². The molecule has 26 heavy (non-hydrogen) atoms. The third-order valence-corrected chi connectivity index (χ3v) is 9.18. The van der Waals surface area contributed by atoms with Gasteiger partial charge in [0, 0.05) is 18.1 Å². The second-order valence-electron chi connectivity index (χ2n) is 7.54. The molecule has 0 radical (unpaired) electrons. The van der Waals surface area contributed by atoms with Crippen LogP contribution in [-0.4, -0.2) is 39.3 Å². The molecule has 1 saturated carbocycles. The summed E-state index contributed by atoms with van der Waals surface area (Å²) < 4.78 is 55.3. The lowest BCUT2D eigenvalue weighted by molar-refractivity contribution is 0.204. The Bertz CT molecular complexity index is 818. The Hall–Kier alpha value is -0.960. The van der Waals surface area contributed by atoms with Crippen LogP contribution >= 0.6 is 0 Å². The van der Waals surface area contributed by atoms with Crippen molar-refractivity contribution in [2.75, 3.05) is 0 Å². The van der Waals surface area contributed by atoms with Crippen molar-refractivity contribution in [3.63, 3.8) is 0 Å². The predicted octanol–water partition coefficient (Wildman–Crippen LogP) is 2.86. The molecule has 1 aromatic rings. The van der Waals surface area contributed by atoms with E-state index in [0.29, 0.717) is 0 Å². The monoisotopic (exact) mass is 400 g/mol. The number of benzene rings is 1. The average molecular weight is 401 g/mol. The molecular formula is C18H28N2O4S2. The molecule has 8 heteroatoms. The molecule has 2 aliphatic rings. The minimum absolute atomic E-state index is 0.0153. The van der Waals surface area contributed by atoms with E-state index in [0.717, 1.165) is 44.9 Å². The SMILES string of the molecule is CC1CCCC(C)N1S(=O)(=O)c1ccc(S(=O)(=O)NC2CCCC2)cc1. The van der Waals surface area contributed by atoms with E-state index in [2.05, 4.69) is 4.72 Å². The Morgan fingerprint density at radius 2 is 1.31 bits per heavy atom. The van der Waals surface area contributed by atoms with Crippen LogP contribution in [0.2, 0.25) is 0 Å². The number of piperidine rings is 1. The fourth-order valence-corrected chi connectivity index (χ4v) is 7.30. The third-order valence-electron chi connectivity index (χ3n) is 5.50. The van der Waals surface area contributed by atoms with E-state index in [1.807, 2.05) is 13.8 Å². The highest BCUT2D eigenvalue weighted by molar-refractivity contribution is 7.89. The first-order chi connectivity index (χ1) is 12.2. The molecule has 0 aromatic heterocycles. The molecule has 2 atom stereocenters. The van der Waals surface area contributed by atoms with Gasteiger partial charge in [-0.15, -0.1) is 0 Å². The van der Waals surface area contributed by atoms with Crippen LogP contribution in [0.3, 0.4) is 0 Å². The first kappa shape index (κ1) is 19.8. The van der Waals surface area contributed by atoms with E-state index in [-0.39, 0.29) is 27.9 Å². The maximum Gasteiger partial charge on any atom is 0.243 e. The summed E-state index contributed by atoms with van der Waals surface area (Å²) >= 11 is 0. The molecule has 1 heterocycles. The number of rotatable bonds is 5. The summed E-state index contributed by atoms with van der Waals surface area (Å²) in [6.45, 7) is 3.86. The molecule has 3 rings (SSSR count). The van der Waals surface area contributed by atoms with Gasteiger partial charge in [-0.1, -0.05) is 19.3 Å². The van der Waals surface area contributed by atoms with Gasteiger partial charge in [-0.2, -0.15) is 4.31 Å². The topological polar surface area (TPSA) is 83.6 Å². The molecule has 1 saturated heterocycles. The number of nitrogens with zero attached hydrogens (tertiary/aromatic N) is 1. The van der Waals surface area contributed by atoms with Gasteiger partial charge in [0.25, 0.3) is 0 Å². The van der Waals surface area contributed by atoms with Crippen molar-refractivity contribution in [1.29, 1.82) is 0 Å². The number of hydrogen-bond acceptors (Lipinski definition) is 4. The van der Waals surface area contributed by atoms with Gasteiger partial charge in [0.1, 0.15) is 0 Å². The van der Waals surface area contributed by atoms with E-state index in [4.69, 9.17) is 0 Å². The van der Waals surface area contributed by atoms with Gasteiger partial charge in [-0.05, 0) is 63.8 Å². The van der Waals surface area contributed by atoms with Crippen LogP contribution in [-0.2, 0) is 20.0 Å². The Morgan fingerprint density at radius 3 is 1.85 bits per heavy atom. The molecule has 6 nitrogen and oxygen atoms in total. The third kappa shape index (κ3) is 3.98. The molecule has 146 valence electrons. The van der Waals surface area contributed by atoms with Gasteiger partial charge in [-0.3, -0.25) is 0 Å². The first-order valence-electron chi connectivity index (χ1n) is 9.38. The summed E-state index contributed by atoms with van der Waals surface area (Å²) in [4.78, 5) is 0.265. The van der Waals surface area contributed by atoms with Gasteiger partial charge in [0.2, 0.25) is 20.0 Å². The summed E-state index contributed by atoms with van der Waals surface area (Å²) in [5.74, 6) is 0. The summed E-state index contributed by atoms with van der Waals surface area (Å²) in [5.41, 5.74) is 0. The second-order valence-corrected chi connectivity index (χ2v) is 11.1. The molecule has 1 N–H and O–H groups in total. The van der Waals surface area contributed by atoms with Crippen molar-refractivity contribution < 1.29 is 16.8 Å². The van der Waals surface area contributed by atoms with E-state index < -0.39 is 20.0 Å². The van der Waals surface area contributed by atoms with Crippen molar-refractivity contribution >= 4 is 20.0 Å². The lowest BCUT2D eigenvalue weighted by atomic mass is 10.0. The van der Waals surface area contributed by atoms with Crippen molar-refractivity contribution in [3.05, 3.63) is 24.3 Å². The Morgan fingerprint density at radius 1 is 0.808 bits per heavy atom. The minimum Gasteiger partial charge on any atom is -0.208 e. The van der Waals surface area contributed by atoms with Crippen LogP contribution < -0.4 is 4.72 Å². The molecular weight excluding hydrogens is 372 g/mol. The summed E-state index contributed by atoms with van der Waals surface area (Å²) in [6.07, 6.45) is 6.51. The van der Waals surface area contributed by atoms with Crippen LogP contribution in [0.1, 0.15) is 58.8 Å². The summed E-state index contributed by atoms with van der Waals surface area (Å²) in [5, 5.41) is 0. The van der Waals surface area contributed by atoms with Crippen molar-refractivity contribution in [2.45, 2.75) is 86.7 Å². The predicted molar refractivity (Wildman–Crippen MR) is 101 cm³/mol. The van der Waals surface area contributed by atoms with Crippen LogP contribution in [0.4, 0.5) is 0 Å². The van der Waals surface area contributed by atoms with Gasteiger partial charge in [0.15, 0.2) is 0 Å². The summed E-state index contributed by atoms with van der Waals surface area (Å²) in [6, 6.07) is 5.50. The molecule has 1 aromatic carbocycles. The van der Waals surface area contributed by atoms with Crippen LogP contribution in [0.15, 0.2) is 34.1 Å². The fourth-order valence-electron chi connectivity index (χ4n) is 4.11. The smallest absolute Gasteiger partial charge is 0.208 e. The highest BCUT2D eigenvalue weighted by Crippen LogP contribution is 2.30. The van der Waals surface area contributed by atoms with Gasteiger partial charge in [0.05, 0.1) is 9.79 Å². The second kappa shape index (κ2) is 7.58. The lowest BCUT2D eigenvalue weighted by Gasteiger charge is -2.37. The Kier molecular flexibility index (Phi) is 5.77. The van der Waals surface area contributed by atoms with Crippen molar-refractivity contribution in [2.24, 2.45) is 0 Å². The lowest BCUT2D eigenvalue weighted by Crippen LogP contribution is -2.47. The number of nitrogens with one attached hydrogen (secondary N) is 1. The number of hydrogen-bond donors (Lipinski definition) is 1. The largest absolute Gasteiger partial charge is 0.243 e. The van der Waals surface area contributed by atoms with E-state index in [1.54, 1.807) is 4.31 Å². The minimum atomic E-state index is -3.63. The van der Waals surface area contributed by atoms with Crippen LogP contribution in [0.5, 0.6) is 0 Å². The fraction of sp³-hybridized carbons (Fsp3) is 0.667. The van der Waals surface area contributed by atoms with E-state index in [1.165, 1.54) is 24.3 Å². The highest BCUT2D eigenvalue weighted by Gasteiger charge is 2.35. The molecule has 2 unspecified atom stereocenters. The van der Waals surface area contributed by atoms with Gasteiger partial charge >= 0.3 is 0 Å². The molecule has 0 bridgehead atoms. The zero-order valence-electron chi connectivity index (χ0n) is 15.4. The molecule has 0 amide bonds. The molecule has 2 fully saturated rings. The standard InChI is InChI=1S/C18H28N2O4S2/c1-14-6-5-7-15(2)20(14)26(23,24)18-12-10-17(11-13-18)25(21,22)19-16-8-3-4-9-16/h10-16,19H,3-9H2,1-2H3. The normalized spacial score (nSPS) is 26.2. The average Bonchev–Trinajstić information content (AvgIpc) is 3.07.